The molecule has 1 aliphatic heterocycles. The Morgan fingerprint density at radius 2 is 1.59 bits per heavy atom. The average molecular weight is 491 g/mol. The number of halogens is 7. The molecule has 34 heavy (non-hydrogen) atoms. The first-order valence-corrected chi connectivity index (χ1v) is 10.1. The van der Waals surface area contributed by atoms with Crippen LogP contribution in [0.25, 0.3) is 0 Å². The van der Waals surface area contributed by atoms with E-state index in [4.69, 9.17) is 0 Å². The van der Waals surface area contributed by atoms with E-state index in [2.05, 4.69) is 5.32 Å². The Labute approximate surface area is 190 Å². The van der Waals surface area contributed by atoms with Gasteiger partial charge in [-0.15, -0.1) is 0 Å². The van der Waals surface area contributed by atoms with Crippen molar-refractivity contribution in [2.75, 3.05) is 20.1 Å². The van der Waals surface area contributed by atoms with Crippen molar-refractivity contribution in [2.45, 2.75) is 31.4 Å². The summed E-state index contributed by atoms with van der Waals surface area (Å²) in [4.78, 5) is 27.3. The molecule has 3 amide bonds. The van der Waals surface area contributed by atoms with Gasteiger partial charge in [0, 0.05) is 33.1 Å². The summed E-state index contributed by atoms with van der Waals surface area (Å²) in [6, 6.07) is 4.92. The van der Waals surface area contributed by atoms with Gasteiger partial charge in [-0.05, 0) is 41.5 Å². The van der Waals surface area contributed by atoms with E-state index in [1.807, 2.05) is 0 Å². The van der Waals surface area contributed by atoms with Crippen LogP contribution in [0.1, 0.15) is 34.7 Å². The van der Waals surface area contributed by atoms with Gasteiger partial charge in [-0.1, -0.05) is 12.1 Å². The molecule has 1 fully saturated rings. The highest BCUT2D eigenvalue weighted by molar-refractivity contribution is 5.80. The lowest BCUT2D eigenvalue weighted by Crippen LogP contribution is -2.44. The minimum absolute atomic E-state index is 0.00578. The second-order valence-electron chi connectivity index (χ2n) is 7.87. The van der Waals surface area contributed by atoms with Crippen LogP contribution in [0.15, 0.2) is 42.5 Å². The van der Waals surface area contributed by atoms with Crippen LogP contribution < -0.4 is 5.32 Å². The van der Waals surface area contributed by atoms with Crippen molar-refractivity contribution < 1.29 is 40.3 Å². The molecule has 2 aromatic carbocycles. The molecule has 1 heterocycles. The number of amides is 3. The third-order valence-corrected chi connectivity index (χ3v) is 5.34. The summed E-state index contributed by atoms with van der Waals surface area (Å²) in [6.07, 6.45) is -10.1. The summed E-state index contributed by atoms with van der Waals surface area (Å²) in [7, 11) is 1.23. The van der Waals surface area contributed by atoms with Crippen LogP contribution in [0, 0.1) is 5.82 Å². The zero-order chi connectivity index (χ0) is 25.3. The first-order valence-electron chi connectivity index (χ1n) is 10.1. The third kappa shape index (κ3) is 5.97. The van der Waals surface area contributed by atoms with Crippen LogP contribution in [-0.2, 0) is 23.7 Å². The minimum Gasteiger partial charge on any atom is -0.354 e. The number of nitrogens with zero attached hydrogens (tertiary/aromatic N) is 2. The maximum absolute atomic E-state index is 13.3. The third-order valence-electron chi connectivity index (χ3n) is 5.34. The van der Waals surface area contributed by atoms with Crippen LogP contribution in [0.5, 0.6) is 0 Å². The van der Waals surface area contributed by atoms with Crippen molar-refractivity contribution in [3.63, 3.8) is 0 Å². The number of carbonyl (C=O) groups excluding carboxylic acids is 2. The Morgan fingerprint density at radius 3 is 2.12 bits per heavy atom. The van der Waals surface area contributed by atoms with Crippen LogP contribution >= 0.6 is 0 Å². The SMILES string of the molecule is CN(Cc1cc(C(F)(F)F)cc(C(F)(F)F)c1)C(=O)N1CCC(=O)NC[C@@H]1c1ccc(F)cc1. The van der Waals surface area contributed by atoms with Crippen LogP contribution in [0.3, 0.4) is 0 Å². The molecule has 5 nitrogen and oxygen atoms in total. The zero-order valence-corrected chi connectivity index (χ0v) is 17.8. The Kier molecular flexibility index (Phi) is 7.08. The monoisotopic (exact) mass is 491 g/mol. The maximum atomic E-state index is 13.3. The maximum Gasteiger partial charge on any atom is 0.416 e. The lowest BCUT2D eigenvalue weighted by molar-refractivity contribution is -0.143. The van der Waals surface area contributed by atoms with Crippen molar-refractivity contribution in [1.82, 2.24) is 15.1 Å². The lowest BCUT2D eigenvalue weighted by atomic mass is 10.0. The molecule has 1 saturated heterocycles. The van der Waals surface area contributed by atoms with E-state index in [-0.39, 0.29) is 37.0 Å². The number of carbonyl (C=O) groups is 2. The molecule has 0 spiro atoms. The second-order valence-corrected chi connectivity index (χ2v) is 7.87. The Hall–Kier alpha value is -3.31. The van der Waals surface area contributed by atoms with Gasteiger partial charge in [0.05, 0.1) is 17.2 Å². The van der Waals surface area contributed by atoms with E-state index >= 15 is 0 Å². The van der Waals surface area contributed by atoms with E-state index in [0.717, 1.165) is 4.90 Å². The van der Waals surface area contributed by atoms with Crippen molar-refractivity contribution in [3.05, 3.63) is 70.5 Å². The fraction of sp³-hybridized carbons (Fsp3) is 0.364. The van der Waals surface area contributed by atoms with E-state index < -0.39 is 47.9 Å². The highest BCUT2D eigenvalue weighted by Crippen LogP contribution is 2.36. The fourth-order valence-electron chi connectivity index (χ4n) is 3.67. The molecule has 1 atom stereocenters. The molecule has 3 rings (SSSR count). The number of hydrogen-bond donors (Lipinski definition) is 1. The molecular formula is C22H20F7N3O2. The number of urea groups is 1. The molecule has 0 aliphatic carbocycles. The molecular weight excluding hydrogens is 471 g/mol. The van der Waals surface area contributed by atoms with E-state index in [0.29, 0.717) is 17.7 Å². The second kappa shape index (κ2) is 9.51. The largest absolute Gasteiger partial charge is 0.416 e. The number of nitrogens with one attached hydrogen (secondary N) is 1. The topological polar surface area (TPSA) is 52.7 Å². The average Bonchev–Trinajstić information content (AvgIpc) is 2.94. The zero-order valence-electron chi connectivity index (χ0n) is 17.8. The number of alkyl halides is 6. The number of hydrogen-bond acceptors (Lipinski definition) is 2. The molecule has 1 N–H and O–H groups in total. The Balaban J connectivity index is 1.89. The highest BCUT2D eigenvalue weighted by atomic mass is 19.4. The van der Waals surface area contributed by atoms with Gasteiger partial charge in [0.15, 0.2) is 0 Å². The summed E-state index contributed by atoms with van der Waals surface area (Å²) in [5, 5.41) is 2.63. The van der Waals surface area contributed by atoms with Crippen molar-refractivity contribution in [1.29, 1.82) is 0 Å². The summed E-state index contributed by atoms with van der Waals surface area (Å²) < 4.78 is 92.2. The first kappa shape index (κ1) is 25.3. The van der Waals surface area contributed by atoms with Gasteiger partial charge in [-0.2, -0.15) is 26.3 Å². The number of benzene rings is 2. The van der Waals surface area contributed by atoms with Gasteiger partial charge in [0.25, 0.3) is 0 Å². The van der Waals surface area contributed by atoms with Gasteiger partial charge < -0.3 is 15.1 Å². The molecule has 0 aromatic heterocycles. The molecule has 0 saturated carbocycles. The van der Waals surface area contributed by atoms with E-state index in [9.17, 15) is 40.3 Å². The van der Waals surface area contributed by atoms with Crippen LogP contribution in [0.2, 0.25) is 0 Å². The van der Waals surface area contributed by atoms with Gasteiger partial charge >= 0.3 is 18.4 Å². The summed E-state index contributed by atoms with van der Waals surface area (Å²) >= 11 is 0. The van der Waals surface area contributed by atoms with Crippen molar-refractivity contribution >= 4 is 11.9 Å². The summed E-state index contributed by atoms with van der Waals surface area (Å²) in [6.45, 7) is -0.584. The lowest BCUT2D eigenvalue weighted by Gasteiger charge is -2.33. The fourth-order valence-corrected chi connectivity index (χ4v) is 3.67. The van der Waals surface area contributed by atoms with Gasteiger partial charge in [-0.25, -0.2) is 9.18 Å². The molecule has 12 heteroatoms. The van der Waals surface area contributed by atoms with Crippen molar-refractivity contribution in [2.24, 2.45) is 0 Å². The van der Waals surface area contributed by atoms with E-state index in [1.54, 1.807) is 0 Å². The van der Waals surface area contributed by atoms with Gasteiger partial charge in [-0.3, -0.25) is 4.79 Å². The van der Waals surface area contributed by atoms with Crippen LogP contribution in [0.4, 0.5) is 35.5 Å². The Morgan fingerprint density at radius 1 is 1.03 bits per heavy atom. The smallest absolute Gasteiger partial charge is 0.354 e. The molecule has 1 aliphatic rings. The number of rotatable bonds is 3. The van der Waals surface area contributed by atoms with E-state index in [1.165, 1.54) is 36.2 Å². The molecule has 2 aromatic rings. The highest BCUT2D eigenvalue weighted by Gasteiger charge is 2.37. The molecule has 0 bridgehead atoms. The standard InChI is InChI=1S/C22H20F7N3O2/c1-31(12-13-8-15(21(24,25)26)10-16(9-13)22(27,28)29)20(34)32-7-6-19(33)30-11-18(32)14-2-4-17(23)5-3-14/h2-5,8-10,18H,6-7,11-12H2,1H3,(H,30,33)/t18-/m1/s1. The van der Waals surface area contributed by atoms with Gasteiger partial charge in [0.2, 0.25) is 5.91 Å². The molecule has 184 valence electrons. The van der Waals surface area contributed by atoms with Crippen molar-refractivity contribution in [3.8, 4) is 0 Å². The first-order chi connectivity index (χ1) is 15.8. The summed E-state index contributed by atoms with van der Waals surface area (Å²) in [5.41, 5.74) is -2.82. The Bertz CT molecular complexity index is 1020. The predicted octanol–water partition coefficient (Wildman–Crippen LogP) is 4.98. The minimum atomic E-state index is -5.01. The van der Waals surface area contributed by atoms with Crippen LogP contribution in [-0.4, -0.2) is 41.9 Å². The normalized spacial score (nSPS) is 17.2. The predicted molar refractivity (Wildman–Crippen MR) is 107 cm³/mol. The van der Waals surface area contributed by atoms with Gasteiger partial charge in [0.1, 0.15) is 5.82 Å². The molecule has 0 radical (unpaired) electrons. The molecule has 0 unspecified atom stereocenters. The quantitative estimate of drug-likeness (QED) is 0.616. The summed E-state index contributed by atoms with van der Waals surface area (Å²) in [5.74, 6) is -0.848.